The first-order valence-corrected chi connectivity index (χ1v) is 11.3. The van der Waals surface area contributed by atoms with Crippen molar-refractivity contribution in [1.29, 1.82) is 5.41 Å². The Morgan fingerprint density at radius 3 is 2.18 bits per heavy atom. The van der Waals surface area contributed by atoms with E-state index in [-0.39, 0.29) is 18.9 Å². The predicted molar refractivity (Wildman–Crippen MR) is 127 cm³/mol. The lowest BCUT2D eigenvalue weighted by molar-refractivity contribution is -0.134. The first-order chi connectivity index (χ1) is 18.0. The fourth-order valence-corrected chi connectivity index (χ4v) is 3.35. The maximum Gasteiger partial charge on any atom is 0.316 e. The zero-order valence-corrected chi connectivity index (χ0v) is 20.0. The predicted octanol–water partition coefficient (Wildman–Crippen LogP) is -7.61. The topological polar surface area (TPSA) is 315 Å². The zero-order valence-electron chi connectivity index (χ0n) is 20.0. The number of urea groups is 1. The van der Waals surface area contributed by atoms with Gasteiger partial charge in [-0.2, -0.15) is 0 Å². The van der Waals surface area contributed by atoms with E-state index in [0.29, 0.717) is 0 Å². The quantitative estimate of drug-likeness (QED) is 0.148. The minimum atomic E-state index is -1.68. The van der Waals surface area contributed by atoms with E-state index in [4.69, 9.17) is 16.9 Å². The third kappa shape index (κ3) is 8.28. The van der Waals surface area contributed by atoms with Crippen LogP contribution in [-0.4, -0.2) is 108 Å². The third-order valence-corrected chi connectivity index (χ3v) is 5.38. The van der Waals surface area contributed by atoms with Crippen LogP contribution in [0.15, 0.2) is 11.9 Å². The fraction of sp³-hybridized carbons (Fsp3) is 0.526. The Bertz CT molecular complexity index is 1000. The summed E-state index contributed by atoms with van der Waals surface area (Å²) in [6.45, 7) is -2.03. The maximum atomic E-state index is 13.1. The summed E-state index contributed by atoms with van der Waals surface area (Å²) in [5, 5.41) is 45.5. The van der Waals surface area contributed by atoms with Crippen molar-refractivity contribution in [2.45, 2.75) is 36.6 Å². The average Bonchev–Trinajstić information content (AvgIpc) is 2.88. The zero-order chi connectivity index (χ0) is 28.4. The SMILES string of the molecule is N=C1NCCC([C@@H]2NC(=O)/C(=C/NC(N)=O)NC(=O)[C@H](CO)NC(=O)[C@H](CO)NC(=O)[C@@H](N)CNC2=O)N1. The summed E-state index contributed by atoms with van der Waals surface area (Å²) in [5.74, 6) is -5.17. The molecule has 2 rings (SSSR count). The van der Waals surface area contributed by atoms with Gasteiger partial charge in [-0.25, -0.2) is 4.79 Å². The van der Waals surface area contributed by atoms with Crippen molar-refractivity contribution >= 4 is 41.5 Å². The number of carbonyl (C=O) groups excluding carboxylic acids is 6. The van der Waals surface area contributed by atoms with E-state index >= 15 is 0 Å². The number of carbonyl (C=O) groups is 6. The van der Waals surface area contributed by atoms with E-state index in [1.807, 2.05) is 5.32 Å². The minimum Gasteiger partial charge on any atom is -0.394 e. The highest BCUT2D eigenvalue weighted by atomic mass is 16.3. The molecule has 0 spiro atoms. The van der Waals surface area contributed by atoms with Crippen molar-refractivity contribution in [3.63, 3.8) is 0 Å². The van der Waals surface area contributed by atoms with Crippen LogP contribution >= 0.6 is 0 Å². The monoisotopic (exact) mass is 541 g/mol. The first-order valence-electron chi connectivity index (χ1n) is 11.3. The highest BCUT2D eigenvalue weighted by Crippen LogP contribution is 2.05. The van der Waals surface area contributed by atoms with E-state index in [1.165, 1.54) is 0 Å². The van der Waals surface area contributed by atoms with Crippen LogP contribution in [-0.2, 0) is 24.0 Å². The van der Waals surface area contributed by atoms with Gasteiger partial charge in [0.1, 0.15) is 29.9 Å². The molecular formula is C19H31N11O8. The van der Waals surface area contributed by atoms with E-state index in [0.717, 1.165) is 6.20 Å². The Kier molecular flexibility index (Phi) is 10.7. The number of hydrogen-bond acceptors (Lipinski definition) is 10. The van der Waals surface area contributed by atoms with Crippen molar-refractivity contribution in [3.05, 3.63) is 11.9 Å². The Hall–Kier alpha value is -4.49. The Labute approximate surface area is 215 Å². The van der Waals surface area contributed by atoms with Crippen molar-refractivity contribution in [3.8, 4) is 0 Å². The molecule has 38 heavy (non-hydrogen) atoms. The second kappa shape index (κ2) is 13.7. The number of amides is 7. The second-order valence-corrected chi connectivity index (χ2v) is 8.19. The number of nitrogens with two attached hydrogens (primary N) is 2. The summed E-state index contributed by atoms with van der Waals surface area (Å²) in [6.07, 6.45) is 0.990. The minimum absolute atomic E-state index is 0.123. The van der Waals surface area contributed by atoms with E-state index < -0.39 is 91.2 Å². The summed E-state index contributed by atoms with van der Waals surface area (Å²) in [4.78, 5) is 75.0. The molecule has 2 aliphatic rings. The van der Waals surface area contributed by atoms with Gasteiger partial charge in [0.15, 0.2) is 5.96 Å². The average molecular weight is 542 g/mol. The third-order valence-electron chi connectivity index (χ3n) is 5.38. The fourth-order valence-electron chi connectivity index (χ4n) is 3.35. The van der Waals surface area contributed by atoms with Crippen LogP contribution in [0.1, 0.15) is 6.42 Å². The van der Waals surface area contributed by atoms with Gasteiger partial charge >= 0.3 is 6.03 Å². The van der Waals surface area contributed by atoms with Crippen LogP contribution in [0.2, 0.25) is 0 Å². The van der Waals surface area contributed by atoms with Crippen LogP contribution < -0.4 is 54.0 Å². The van der Waals surface area contributed by atoms with E-state index in [9.17, 15) is 39.0 Å². The standard InChI is InChI=1S/C19H31N11O8/c20-7-3-24-17(37)12(8-1-2-23-18(21)29-8)30-14(34)9(4-25-19(22)38)26-15(35)11(6-32)28-16(36)10(5-31)27-13(7)33/h4,7-8,10-12,31-32H,1-3,5-6,20H2,(H,24,37)(H,26,35)(H,27,33)(H,28,36)(H,30,34)(H3,21,23,29)(H3,22,25,38)/b9-4-/t7-,8?,10-,11-,12-/m0/s1. The van der Waals surface area contributed by atoms with Gasteiger partial charge in [-0.05, 0) is 6.42 Å². The molecule has 19 heteroatoms. The van der Waals surface area contributed by atoms with Gasteiger partial charge in [0.25, 0.3) is 5.91 Å². The molecule has 0 saturated carbocycles. The summed E-state index contributed by atoms with van der Waals surface area (Å²) < 4.78 is 0. The van der Waals surface area contributed by atoms with Gasteiger partial charge in [0.2, 0.25) is 23.6 Å². The van der Waals surface area contributed by atoms with Gasteiger partial charge in [0.05, 0.1) is 19.3 Å². The molecule has 0 radical (unpaired) electrons. The van der Waals surface area contributed by atoms with Crippen LogP contribution in [0, 0.1) is 5.41 Å². The van der Waals surface area contributed by atoms with Gasteiger partial charge in [0, 0.05) is 19.3 Å². The molecule has 5 atom stereocenters. The van der Waals surface area contributed by atoms with Crippen LogP contribution in [0.5, 0.6) is 0 Å². The van der Waals surface area contributed by atoms with Crippen molar-refractivity contribution < 1.29 is 39.0 Å². The van der Waals surface area contributed by atoms with Gasteiger partial charge in [-0.3, -0.25) is 29.4 Å². The molecule has 2 saturated heterocycles. The lowest BCUT2D eigenvalue weighted by Gasteiger charge is -2.33. The van der Waals surface area contributed by atoms with E-state index in [2.05, 4.69) is 37.2 Å². The molecule has 2 aliphatic heterocycles. The van der Waals surface area contributed by atoms with E-state index in [1.54, 1.807) is 0 Å². The van der Waals surface area contributed by atoms with Crippen molar-refractivity contribution in [2.75, 3.05) is 26.3 Å². The summed E-state index contributed by atoms with van der Waals surface area (Å²) in [7, 11) is 0. The number of primary amides is 1. The van der Waals surface area contributed by atoms with Crippen LogP contribution in [0.25, 0.3) is 0 Å². The summed E-state index contributed by atoms with van der Waals surface area (Å²) >= 11 is 0. The van der Waals surface area contributed by atoms with Gasteiger partial charge in [-0.15, -0.1) is 0 Å². The molecule has 7 amide bonds. The van der Waals surface area contributed by atoms with Gasteiger partial charge < -0.3 is 64.2 Å². The number of rotatable bonds is 4. The van der Waals surface area contributed by atoms with Crippen molar-refractivity contribution in [1.82, 2.24) is 42.5 Å². The number of aliphatic hydroxyl groups is 2. The molecule has 19 nitrogen and oxygen atoms in total. The maximum absolute atomic E-state index is 13.1. The number of guanidine groups is 1. The second-order valence-electron chi connectivity index (χ2n) is 8.19. The lowest BCUT2D eigenvalue weighted by Crippen LogP contribution is -2.65. The molecule has 210 valence electrons. The van der Waals surface area contributed by atoms with Crippen LogP contribution in [0.4, 0.5) is 4.79 Å². The molecule has 15 N–H and O–H groups in total. The molecule has 2 fully saturated rings. The highest BCUT2D eigenvalue weighted by molar-refractivity contribution is 6.02. The molecule has 0 aliphatic carbocycles. The molecule has 1 unspecified atom stereocenters. The number of aliphatic hydroxyl groups excluding tert-OH is 2. The normalized spacial score (nSPS) is 29.0. The first kappa shape index (κ1) is 29.7. The molecular weight excluding hydrogens is 510 g/mol. The van der Waals surface area contributed by atoms with Gasteiger partial charge in [-0.1, -0.05) is 0 Å². The van der Waals surface area contributed by atoms with Crippen LogP contribution in [0.3, 0.4) is 0 Å². The Morgan fingerprint density at radius 2 is 1.58 bits per heavy atom. The summed E-state index contributed by atoms with van der Waals surface area (Å²) in [5.41, 5.74) is 10.2. The largest absolute Gasteiger partial charge is 0.394 e. The highest BCUT2D eigenvalue weighted by Gasteiger charge is 2.35. The van der Waals surface area contributed by atoms with Crippen molar-refractivity contribution in [2.24, 2.45) is 11.5 Å². The Balaban J connectivity index is 2.46. The smallest absolute Gasteiger partial charge is 0.316 e. The molecule has 0 aromatic carbocycles. The number of nitrogens with one attached hydrogen (secondary N) is 9. The summed E-state index contributed by atoms with van der Waals surface area (Å²) in [6, 6.07) is -7.94. The molecule has 0 bridgehead atoms. The Morgan fingerprint density at radius 1 is 0.947 bits per heavy atom. The lowest BCUT2D eigenvalue weighted by atomic mass is 10.0. The number of hydrogen-bond donors (Lipinski definition) is 13. The molecule has 0 aromatic heterocycles. The molecule has 2 heterocycles. The molecule has 0 aromatic rings.